The Hall–Kier alpha value is -1.29. The summed E-state index contributed by atoms with van der Waals surface area (Å²) >= 11 is 0. The van der Waals surface area contributed by atoms with Crippen LogP contribution in [0.2, 0.25) is 0 Å². The number of ether oxygens (including phenoxy) is 1. The zero-order valence-electron chi connectivity index (χ0n) is 13.5. The number of nitrogens with zero attached hydrogens (tertiary/aromatic N) is 1. The second kappa shape index (κ2) is 7.64. The maximum Gasteiger partial charge on any atom is 0.326 e. The number of aromatic nitrogens is 1. The van der Waals surface area contributed by atoms with Gasteiger partial charge in [0.05, 0.1) is 6.10 Å². The van der Waals surface area contributed by atoms with Crippen LogP contribution in [0.5, 0.6) is 0 Å². The van der Waals surface area contributed by atoms with Crippen molar-refractivity contribution in [3.63, 3.8) is 0 Å². The van der Waals surface area contributed by atoms with Crippen LogP contribution in [0, 0.1) is 0 Å². The number of aryl methyl sites for hydroxylation is 1. The molecule has 118 valence electrons. The predicted molar refractivity (Wildman–Crippen MR) is 84.2 cm³/mol. The molecular weight excluding hydrogens is 264 g/mol. The zero-order valence-corrected chi connectivity index (χ0v) is 13.5. The van der Waals surface area contributed by atoms with Crippen molar-refractivity contribution in [1.82, 2.24) is 9.88 Å². The number of esters is 1. The van der Waals surface area contributed by atoms with E-state index in [1.165, 1.54) is 30.4 Å². The second-order valence-electron chi connectivity index (χ2n) is 6.20. The third kappa shape index (κ3) is 4.60. The van der Waals surface area contributed by atoms with Crippen LogP contribution in [0.15, 0.2) is 12.4 Å². The van der Waals surface area contributed by atoms with Crippen molar-refractivity contribution < 1.29 is 9.53 Å². The molecule has 4 heteroatoms. The number of hydrogen-bond acceptors (Lipinski definition) is 3. The van der Waals surface area contributed by atoms with Crippen LogP contribution in [0.4, 0.5) is 0 Å². The van der Waals surface area contributed by atoms with Gasteiger partial charge in [-0.2, -0.15) is 0 Å². The molecule has 1 aliphatic rings. The summed E-state index contributed by atoms with van der Waals surface area (Å²) in [4.78, 5) is 11.8. The first-order valence-corrected chi connectivity index (χ1v) is 8.21. The molecule has 1 aliphatic carbocycles. The van der Waals surface area contributed by atoms with Gasteiger partial charge in [-0.3, -0.25) is 4.79 Å². The highest BCUT2D eigenvalue weighted by Gasteiger charge is 2.20. The van der Waals surface area contributed by atoms with Crippen molar-refractivity contribution in [3.8, 4) is 0 Å². The number of hydrogen-bond donors (Lipinski definition) is 1. The molecule has 1 aromatic rings. The van der Waals surface area contributed by atoms with E-state index in [0.29, 0.717) is 12.6 Å². The van der Waals surface area contributed by atoms with Crippen LogP contribution in [0.3, 0.4) is 0 Å². The largest absolute Gasteiger partial charge is 0.462 e. The number of nitrogens with one attached hydrogen (secondary N) is 1. The standard InChI is InChI=1S/C17H28N2O2/c1-4-9-18-16-8-6-5-7-14-10-19(11-15(14)16)12-17(20)21-13(2)3/h10-11,13,16,18H,4-9,12H2,1-3H3. The highest BCUT2D eigenvalue weighted by atomic mass is 16.5. The van der Waals surface area contributed by atoms with Crippen LogP contribution in [-0.4, -0.2) is 23.2 Å². The first-order chi connectivity index (χ1) is 10.1. The Morgan fingerprint density at radius 2 is 2.24 bits per heavy atom. The summed E-state index contributed by atoms with van der Waals surface area (Å²) in [7, 11) is 0. The van der Waals surface area contributed by atoms with E-state index in [1.54, 1.807) is 0 Å². The fourth-order valence-corrected chi connectivity index (χ4v) is 2.99. The van der Waals surface area contributed by atoms with E-state index in [-0.39, 0.29) is 12.1 Å². The third-order valence-corrected chi connectivity index (χ3v) is 3.88. The van der Waals surface area contributed by atoms with E-state index in [4.69, 9.17) is 4.74 Å². The zero-order chi connectivity index (χ0) is 15.2. The Morgan fingerprint density at radius 3 is 2.95 bits per heavy atom. The Labute approximate surface area is 127 Å². The molecule has 2 rings (SSSR count). The van der Waals surface area contributed by atoms with Crippen molar-refractivity contribution in [2.24, 2.45) is 0 Å². The lowest BCUT2D eigenvalue weighted by Crippen LogP contribution is -2.22. The molecular formula is C17H28N2O2. The highest BCUT2D eigenvalue weighted by Crippen LogP contribution is 2.29. The van der Waals surface area contributed by atoms with Crippen LogP contribution in [0.1, 0.15) is 63.6 Å². The van der Waals surface area contributed by atoms with Gasteiger partial charge < -0.3 is 14.6 Å². The first kappa shape index (κ1) is 16.1. The van der Waals surface area contributed by atoms with E-state index < -0.39 is 0 Å². The molecule has 1 unspecified atom stereocenters. The lowest BCUT2D eigenvalue weighted by atomic mass is 10.0. The summed E-state index contributed by atoms with van der Waals surface area (Å²) in [5.41, 5.74) is 2.76. The second-order valence-corrected chi connectivity index (χ2v) is 6.20. The molecule has 0 aromatic carbocycles. The van der Waals surface area contributed by atoms with Gasteiger partial charge in [0.1, 0.15) is 6.54 Å². The smallest absolute Gasteiger partial charge is 0.326 e. The fourth-order valence-electron chi connectivity index (χ4n) is 2.99. The third-order valence-electron chi connectivity index (χ3n) is 3.88. The van der Waals surface area contributed by atoms with Crippen LogP contribution < -0.4 is 5.32 Å². The summed E-state index contributed by atoms with van der Waals surface area (Å²) in [6.45, 7) is 7.31. The summed E-state index contributed by atoms with van der Waals surface area (Å²) < 4.78 is 7.21. The van der Waals surface area contributed by atoms with Crippen LogP contribution in [0.25, 0.3) is 0 Å². The SMILES string of the molecule is CCCNC1CCCCc2cn(CC(=O)OC(C)C)cc21. The molecule has 1 aromatic heterocycles. The first-order valence-electron chi connectivity index (χ1n) is 8.21. The Kier molecular flexibility index (Phi) is 5.85. The molecule has 4 nitrogen and oxygen atoms in total. The molecule has 0 bridgehead atoms. The van der Waals surface area contributed by atoms with Gasteiger partial charge in [0, 0.05) is 18.4 Å². The van der Waals surface area contributed by atoms with Crippen molar-refractivity contribution in [2.45, 2.75) is 71.6 Å². The average Bonchev–Trinajstić information content (AvgIpc) is 2.70. The van der Waals surface area contributed by atoms with Gasteiger partial charge in [0.2, 0.25) is 0 Å². The lowest BCUT2D eigenvalue weighted by molar-refractivity contribution is -0.148. The number of carbonyl (C=O) groups excluding carboxylic acids is 1. The Balaban J connectivity index is 2.08. The van der Waals surface area contributed by atoms with Crippen LogP contribution >= 0.6 is 0 Å². The van der Waals surface area contributed by atoms with Crippen LogP contribution in [-0.2, 0) is 22.5 Å². The van der Waals surface area contributed by atoms with Crippen molar-refractivity contribution in [2.75, 3.05) is 6.54 Å². The Bertz CT molecular complexity index is 465. The Morgan fingerprint density at radius 1 is 1.43 bits per heavy atom. The molecule has 21 heavy (non-hydrogen) atoms. The molecule has 0 saturated carbocycles. The van der Waals surface area contributed by atoms with E-state index in [9.17, 15) is 4.79 Å². The molecule has 0 radical (unpaired) electrons. The lowest BCUT2D eigenvalue weighted by Gasteiger charge is -2.16. The van der Waals surface area contributed by atoms with Gasteiger partial charge in [0.25, 0.3) is 0 Å². The molecule has 1 atom stereocenters. The highest BCUT2D eigenvalue weighted by molar-refractivity contribution is 5.69. The fraction of sp³-hybridized carbons (Fsp3) is 0.706. The quantitative estimate of drug-likeness (QED) is 0.647. The van der Waals surface area contributed by atoms with E-state index in [2.05, 4.69) is 24.6 Å². The van der Waals surface area contributed by atoms with E-state index in [1.807, 2.05) is 18.4 Å². The minimum Gasteiger partial charge on any atom is -0.462 e. The number of fused-ring (bicyclic) bond motifs is 1. The van der Waals surface area contributed by atoms with Gasteiger partial charge in [-0.25, -0.2) is 0 Å². The van der Waals surface area contributed by atoms with E-state index in [0.717, 1.165) is 19.4 Å². The van der Waals surface area contributed by atoms with Gasteiger partial charge in [-0.15, -0.1) is 0 Å². The molecule has 0 spiro atoms. The van der Waals surface area contributed by atoms with Gasteiger partial charge in [-0.05, 0) is 57.2 Å². The molecule has 0 amide bonds. The average molecular weight is 292 g/mol. The van der Waals surface area contributed by atoms with Gasteiger partial charge >= 0.3 is 5.97 Å². The molecule has 0 saturated heterocycles. The topological polar surface area (TPSA) is 43.3 Å². The summed E-state index contributed by atoms with van der Waals surface area (Å²) in [6.07, 6.45) is 10.2. The monoisotopic (exact) mass is 292 g/mol. The molecule has 0 fully saturated rings. The summed E-state index contributed by atoms with van der Waals surface area (Å²) in [5.74, 6) is -0.159. The maximum absolute atomic E-state index is 11.8. The van der Waals surface area contributed by atoms with Crippen molar-refractivity contribution in [1.29, 1.82) is 0 Å². The van der Waals surface area contributed by atoms with Crippen molar-refractivity contribution in [3.05, 3.63) is 23.5 Å². The molecule has 0 aliphatic heterocycles. The molecule has 1 N–H and O–H groups in total. The van der Waals surface area contributed by atoms with Gasteiger partial charge in [-0.1, -0.05) is 13.3 Å². The minimum atomic E-state index is -0.159. The summed E-state index contributed by atoms with van der Waals surface area (Å²) in [5, 5.41) is 3.64. The number of rotatable bonds is 6. The predicted octanol–water partition coefficient (Wildman–Crippen LogP) is 3.21. The summed E-state index contributed by atoms with van der Waals surface area (Å²) in [6, 6.07) is 0.435. The van der Waals surface area contributed by atoms with Crippen molar-refractivity contribution >= 4 is 5.97 Å². The normalized spacial score (nSPS) is 18.4. The van der Waals surface area contributed by atoms with E-state index >= 15 is 0 Å². The number of carbonyl (C=O) groups is 1. The van der Waals surface area contributed by atoms with Gasteiger partial charge in [0.15, 0.2) is 0 Å². The minimum absolute atomic E-state index is 0.0511. The maximum atomic E-state index is 11.8. The molecule has 1 heterocycles.